The molecule has 13 heteroatoms. The first-order valence-corrected chi connectivity index (χ1v) is 20.7. The maximum atomic E-state index is 12.7. The highest BCUT2D eigenvalue weighted by molar-refractivity contribution is 6.27. The van der Waals surface area contributed by atoms with E-state index in [1.165, 1.54) is 4.90 Å². The van der Waals surface area contributed by atoms with Gasteiger partial charge in [-0.1, -0.05) is 83.8 Å². The van der Waals surface area contributed by atoms with Crippen LogP contribution in [0.15, 0.2) is 23.5 Å². The Morgan fingerprint density at radius 2 is 1.44 bits per heavy atom. The topological polar surface area (TPSA) is 218 Å². The second-order valence-corrected chi connectivity index (χ2v) is 16.1. The van der Waals surface area contributed by atoms with Crippen molar-refractivity contribution in [1.82, 2.24) is 4.90 Å². The maximum absolute atomic E-state index is 12.7. The molecule has 3 heterocycles. The standard InChI is InChI=1S/C41H71NO12/c1-27(23-28(2)35(47)34-36(48)32-24-31(46)25-42(32)40(34)52)17-12-8-5-3-4-6-9-13-18-29(44)20-16-21-30(45)19-14-10-7-11-15-22-53-41-39(51)38(50)37(49)33(26-43)54-41/h9,13,27-33,37-39,41,43-47,49-51H,3-8,10-12,14-26H2,1-2H3. The fourth-order valence-corrected chi connectivity index (χ4v) is 7.94. The van der Waals surface area contributed by atoms with Gasteiger partial charge in [-0.05, 0) is 63.7 Å². The first kappa shape index (κ1) is 46.4. The summed E-state index contributed by atoms with van der Waals surface area (Å²) in [5.41, 5.74) is -0.0797. The van der Waals surface area contributed by atoms with Crippen LogP contribution in [0.4, 0.5) is 0 Å². The van der Waals surface area contributed by atoms with Crippen LogP contribution in [0.2, 0.25) is 0 Å². The summed E-state index contributed by atoms with van der Waals surface area (Å²) in [6.45, 7) is 4.01. The molecule has 0 aromatic rings. The summed E-state index contributed by atoms with van der Waals surface area (Å²) in [7, 11) is 0. The van der Waals surface area contributed by atoms with Crippen molar-refractivity contribution in [3.63, 3.8) is 0 Å². The van der Waals surface area contributed by atoms with Gasteiger partial charge in [0.25, 0.3) is 5.91 Å². The number of hydrogen-bond acceptors (Lipinski definition) is 12. The summed E-state index contributed by atoms with van der Waals surface area (Å²) in [6.07, 6.45) is 13.2. The van der Waals surface area contributed by atoms with Crippen molar-refractivity contribution in [1.29, 1.82) is 0 Å². The molecule has 0 saturated carbocycles. The Hall–Kier alpha value is -1.94. The van der Waals surface area contributed by atoms with Crippen molar-refractivity contribution in [3.8, 4) is 0 Å². The monoisotopic (exact) mass is 769 g/mol. The smallest absolute Gasteiger partial charge is 0.261 e. The summed E-state index contributed by atoms with van der Waals surface area (Å²) in [6, 6.07) is -0.630. The lowest BCUT2D eigenvalue weighted by atomic mass is 9.89. The quantitative estimate of drug-likeness (QED) is 0.0197. The van der Waals surface area contributed by atoms with E-state index in [2.05, 4.69) is 19.1 Å². The predicted octanol–water partition coefficient (Wildman–Crippen LogP) is 3.73. The molecule has 3 rings (SSSR count). The lowest BCUT2D eigenvalue weighted by Crippen LogP contribution is -2.59. The number of carbonyl (C=O) groups excluding carboxylic acids is 2. The summed E-state index contributed by atoms with van der Waals surface area (Å²) in [4.78, 5) is 26.7. The number of Topliss-reactive ketones (excluding diaryl/α,β-unsaturated/α-hetero) is 1. The molecule has 1 amide bonds. The molecule has 0 bridgehead atoms. The van der Waals surface area contributed by atoms with E-state index >= 15 is 0 Å². The Labute approximate surface area is 322 Å². The molecule has 312 valence electrons. The highest BCUT2D eigenvalue weighted by atomic mass is 16.7. The van der Waals surface area contributed by atoms with Crippen LogP contribution in [-0.2, 0) is 19.1 Å². The Kier molecular flexibility index (Phi) is 21.2. The average Bonchev–Trinajstić information content (AvgIpc) is 3.64. The van der Waals surface area contributed by atoms with Gasteiger partial charge in [0, 0.05) is 25.5 Å². The van der Waals surface area contributed by atoms with Crippen LogP contribution in [0.25, 0.3) is 0 Å². The lowest BCUT2D eigenvalue weighted by molar-refractivity contribution is -0.301. The Morgan fingerprint density at radius 1 is 0.815 bits per heavy atom. The van der Waals surface area contributed by atoms with E-state index < -0.39 is 61.5 Å². The number of ether oxygens (including phenoxy) is 2. The number of fused-ring (bicyclic) bond motifs is 1. The van der Waals surface area contributed by atoms with E-state index in [1.807, 2.05) is 6.92 Å². The van der Waals surface area contributed by atoms with Gasteiger partial charge < -0.3 is 55.2 Å². The van der Waals surface area contributed by atoms with Crippen molar-refractivity contribution < 1.29 is 59.9 Å². The molecule has 3 aliphatic rings. The van der Waals surface area contributed by atoms with Gasteiger partial charge in [-0.25, -0.2) is 0 Å². The van der Waals surface area contributed by atoms with Gasteiger partial charge in [-0.3, -0.25) is 9.59 Å². The van der Waals surface area contributed by atoms with Crippen molar-refractivity contribution in [3.05, 3.63) is 23.5 Å². The summed E-state index contributed by atoms with van der Waals surface area (Å²) < 4.78 is 10.8. The lowest BCUT2D eigenvalue weighted by Gasteiger charge is -2.39. The van der Waals surface area contributed by atoms with E-state index in [1.54, 1.807) is 0 Å². The first-order chi connectivity index (χ1) is 25.8. The zero-order chi connectivity index (χ0) is 39.6. The highest BCUT2D eigenvalue weighted by Crippen LogP contribution is 2.34. The van der Waals surface area contributed by atoms with Gasteiger partial charge >= 0.3 is 0 Å². The van der Waals surface area contributed by atoms with Gasteiger partial charge in [0.2, 0.25) is 0 Å². The number of aliphatic hydroxyl groups excluding tert-OH is 8. The number of rotatable bonds is 27. The number of aliphatic hydroxyl groups is 8. The molecule has 11 unspecified atom stereocenters. The fourth-order valence-electron chi connectivity index (χ4n) is 7.94. The van der Waals surface area contributed by atoms with Crippen LogP contribution < -0.4 is 0 Å². The second kappa shape index (κ2) is 24.6. The molecule has 0 aromatic heterocycles. The van der Waals surface area contributed by atoms with Crippen LogP contribution in [0, 0.1) is 11.8 Å². The molecule has 3 aliphatic heterocycles. The Balaban J connectivity index is 1.09. The van der Waals surface area contributed by atoms with E-state index in [-0.39, 0.29) is 42.1 Å². The molecule has 54 heavy (non-hydrogen) atoms. The van der Waals surface area contributed by atoms with Crippen LogP contribution in [0.5, 0.6) is 0 Å². The van der Waals surface area contributed by atoms with E-state index in [0.717, 1.165) is 89.9 Å². The molecule has 3 fully saturated rings. The summed E-state index contributed by atoms with van der Waals surface area (Å²) in [5.74, 6) is -0.808. The number of hydrogen-bond donors (Lipinski definition) is 8. The normalized spacial score (nSPS) is 29.2. The molecular weight excluding hydrogens is 698 g/mol. The second-order valence-electron chi connectivity index (χ2n) is 16.1. The third-order valence-corrected chi connectivity index (χ3v) is 11.3. The summed E-state index contributed by atoms with van der Waals surface area (Å²) >= 11 is 0. The third kappa shape index (κ3) is 14.9. The van der Waals surface area contributed by atoms with Crippen LogP contribution in [0.1, 0.15) is 136 Å². The third-order valence-electron chi connectivity index (χ3n) is 11.3. The largest absolute Gasteiger partial charge is 0.511 e. The SMILES string of the molecule is CC(CCCCCCCC=CCC(O)CCCC(O)CCCCCCCOC1OC(CO)C(O)C(O)C1O)CC(C)C(O)=C1C(=O)C2CC(O)CN2C1=O. The minimum Gasteiger partial charge on any atom is -0.511 e. The van der Waals surface area contributed by atoms with E-state index in [9.17, 15) is 50.4 Å². The van der Waals surface area contributed by atoms with Gasteiger partial charge in [0.1, 0.15) is 35.7 Å². The van der Waals surface area contributed by atoms with Crippen molar-refractivity contribution >= 4 is 11.7 Å². The van der Waals surface area contributed by atoms with Crippen LogP contribution >= 0.6 is 0 Å². The molecule has 0 aromatic carbocycles. The number of amides is 1. The zero-order valence-electron chi connectivity index (χ0n) is 32.7. The van der Waals surface area contributed by atoms with Crippen molar-refractivity contribution in [2.45, 2.75) is 191 Å². The van der Waals surface area contributed by atoms with Gasteiger partial charge in [-0.2, -0.15) is 0 Å². The summed E-state index contributed by atoms with van der Waals surface area (Å²) in [5, 5.41) is 80.1. The minimum absolute atomic E-state index is 0.0797. The van der Waals surface area contributed by atoms with Crippen molar-refractivity contribution in [2.75, 3.05) is 19.8 Å². The van der Waals surface area contributed by atoms with Gasteiger partial charge in [0.05, 0.1) is 31.0 Å². The molecule has 3 saturated heterocycles. The molecule has 13 nitrogen and oxygen atoms in total. The van der Waals surface area contributed by atoms with Crippen LogP contribution in [-0.4, -0.2) is 132 Å². The average molecular weight is 770 g/mol. The zero-order valence-corrected chi connectivity index (χ0v) is 32.7. The molecule has 11 atom stereocenters. The fraction of sp³-hybridized carbons (Fsp3) is 0.854. The number of carbonyl (C=O) groups is 2. The molecule has 0 spiro atoms. The number of unbranched alkanes of at least 4 members (excludes halogenated alkanes) is 9. The number of allylic oxidation sites excluding steroid dienone is 2. The highest BCUT2D eigenvalue weighted by Gasteiger charge is 2.50. The number of nitrogens with zero attached hydrogens (tertiary/aromatic N) is 1. The predicted molar refractivity (Wildman–Crippen MR) is 203 cm³/mol. The van der Waals surface area contributed by atoms with Crippen LogP contribution in [0.3, 0.4) is 0 Å². The maximum Gasteiger partial charge on any atom is 0.261 e. The van der Waals surface area contributed by atoms with E-state index in [0.29, 0.717) is 38.2 Å². The molecule has 8 N–H and O–H groups in total. The Morgan fingerprint density at radius 3 is 2.15 bits per heavy atom. The molecular formula is C41H71NO12. The first-order valence-electron chi connectivity index (χ1n) is 20.7. The molecule has 0 aliphatic carbocycles. The Bertz CT molecular complexity index is 1140. The van der Waals surface area contributed by atoms with E-state index in [4.69, 9.17) is 9.47 Å². The number of ketones is 1. The van der Waals surface area contributed by atoms with Crippen molar-refractivity contribution in [2.24, 2.45) is 11.8 Å². The van der Waals surface area contributed by atoms with Gasteiger partial charge in [-0.15, -0.1) is 0 Å². The molecule has 0 radical (unpaired) electrons. The minimum atomic E-state index is -1.44. The van der Waals surface area contributed by atoms with Gasteiger partial charge in [0.15, 0.2) is 12.1 Å².